The van der Waals surface area contributed by atoms with E-state index in [-0.39, 0.29) is 11.8 Å². The van der Waals surface area contributed by atoms with Gasteiger partial charge in [-0.3, -0.25) is 9.59 Å². The van der Waals surface area contributed by atoms with Crippen molar-refractivity contribution in [3.8, 4) is 0 Å². The van der Waals surface area contributed by atoms with E-state index in [0.717, 1.165) is 0 Å². The zero-order valence-corrected chi connectivity index (χ0v) is 14.5. The minimum Gasteiger partial charge on any atom is -0.326 e. The van der Waals surface area contributed by atoms with Gasteiger partial charge >= 0.3 is 0 Å². The Hall–Kier alpha value is -2.30. The summed E-state index contributed by atoms with van der Waals surface area (Å²) in [5, 5.41) is 6.48. The van der Waals surface area contributed by atoms with E-state index in [4.69, 9.17) is 23.2 Å². The normalized spacial score (nSPS) is 10.6. The zero-order valence-electron chi connectivity index (χ0n) is 13.0. The average Bonchev–Trinajstić information content (AvgIpc) is 2.55. The second kappa shape index (κ2) is 8.52. The van der Waals surface area contributed by atoms with Crippen molar-refractivity contribution >= 4 is 52.5 Å². The molecule has 124 valence electrons. The van der Waals surface area contributed by atoms with E-state index < -0.39 is 0 Å². The lowest BCUT2D eigenvalue weighted by Gasteiger charge is -2.06. The maximum Gasteiger partial charge on any atom is 0.248 e. The molecule has 0 spiro atoms. The molecule has 0 radical (unpaired) electrons. The van der Waals surface area contributed by atoms with E-state index in [9.17, 15) is 9.59 Å². The maximum atomic E-state index is 11.9. The third-order valence-electron chi connectivity index (χ3n) is 3.13. The molecule has 0 atom stereocenters. The largest absolute Gasteiger partial charge is 0.326 e. The highest BCUT2D eigenvalue weighted by Crippen LogP contribution is 2.22. The second-order valence-corrected chi connectivity index (χ2v) is 5.81. The van der Waals surface area contributed by atoms with E-state index in [2.05, 4.69) is 10.6 Å². The van der Waals surface area contributed by atoms with Crippen LogP contribution in [0.4, 0.5) is 11.4 Å². The molecule has 2 aromatic carbocycles. The molecule has 2 aromatic rings. The van der Waals surface area contributed by atoms with Crippen LogP contribution in [-0.4, -0.2) is 11.8 Å². The minimum absolute atomic E-state index is 0.0606. The van der Waals surface area contributed by atoms with Crippen LogP contribution in [0.1, 0.15) is 18.9 Å². The number of carbonyl (C=O) groups is 2. The predicted octanol–water partition coefficient (Wildman–Crippen LogP) is 4.99. The molecular weight excluding hydrogens is 347 g/mol. The molecule has 4 nitrogen and oxygen atoms in total. The van der Waals surface area contributed by atoms with Crippen LogP contribution in [0.2, 0.25) is 10.0 Å². The van der Waals surface area contributed by atoms with E-state index in [0.29, 0.717) is 33.4 Å². The fraction of sp³-hybridized carbons (Fsp3) is 0.111. The Balaban J connectivity index is 1.96. The van der Waals surface area contributed by atoms with Crippen LogP contribution in [0.3, 0.4) is 0 Å². The molecule has 0 aliphatic rings. The number of hydrogen-bond donors (Lipinski definition) is 2. The fourth-order valence-corrected chi connectivity index (χ4v) is 2.34. The van der Waals surface area contributed by atoms with Crippen molar-refractivity contribution in [3.05, 3.63) is 64.1 Å². The summed E-state index contributed by atoms with van der Waals surface area (Å²) >= 11 is 11.9. The van der Waals surface area contributed by atoms with Gasteiger partial charge in [0.25, 0.3) is 0 Å². The molecule has 2 N–H and O–H groups in total. The van der Waals surface area contributed by atoms with Crippen molar-refractivity contribution in [3.63, 3.8) is 0 Å². The quantitative estimate of drug-likeness (QED) is 0.735. The van der Waals surface area contributed by atoms with Gasteiger partial charge in [-0.15, -0.1) is 0 Å². The van der Waals surface area contributed by atoms with Crippen molar-refractivity contribution in [2.24, 2.45) is 0 Å². The summed E-state index contributed by atoms with van der Waals surface area (Å²) in [5.41, 5.74) is 2.01. The SMILES string of the molecule is CCC(=O)Nc1ccc(NC(=O)/C=C/c2ccc(Cl)cc2Cl)cc1. The highest BCUT2D eigenvalue weighted by Gasteiger charge is 2.02. The molecule has 0 aliphatic carbocycles. The van der Waals surface area contributed by atoms with Gasteiger partial charge in [0, 0.05) is 33.9 Å². The van der Waals surface area contributed by atoms with Gasteiger partial charge < -0.3 is 10.6 Å². The summed E-state index contributed by atoms with van der Waals surface area (Å²) in [5.74, 6) is -0.346. The van der Waals surface area contributed by atoms with Crippen LogP contribution < -0.4 is 10.6 Å². The lowest BCUT2D eigenvalue weighted by atomic mass is 10.2. The number of benzene rings is 2. The maximum absolute atomic E-state index is 11.9. The Labute approximate surface area is 150 Å². The molecule has 0 aliphatic heterocycles. The Bertz CT molecular complexity index is 771. The molecular formula is C18H16Cl2N2O2. The summed E-state index contributed by atoms with van der Waals surface area (Å²) in [6.07, 6.45) is 3.42. The standard InChI is InChI=1S/C18H16Cl2N2O2/c1-2-17(23)21-14-6-8-15(9-7-14)22-18(24)10-4-12-3-5-13(19)11-16(12)20/h3-11H,2H2,1H3,(H,21,23)(H,22,24)/b10-4+. The molecule has 6 heteroatoms. The van der Waals surface area contributed by atoms with Crippen LogP contribution in [0.5, 0.6) is 0 Å². The molecule has 2 amide bonds. The van der Waals surface area contributed by atoms with Gasteiger partial charge in [0.05, 0.1) is 0 Å². The number of nitrogens with one attached hydrogen (secondary N) is 2. The topological polar surface area (TPSA) is 58.2 Å². The summed E-state index contributed by atoms with van der Waals surface area (Å²) in [4.78, 5) is 23.2. The lowest BCUT2D eigenvalue weighted by Crippen LogP contribution is -2.10. The molecule has 0 saturated heterocycles. The van der Waals surface area contributed by atoms with Gasteiger partial charge in [-0.25, -0.2) is 0 Å². The Morgan fingerprint density at radius 2 is 1.62 bits per heavy atom. The molecule has 2 rings (SSSR count). The van der Waals surface area contributed by atoms with Crippen molar-refractivity contribution < 1.29 is 9.59 Å². The molecule has 0 fully saturated rings. The van der Waals surface area contributed by atoms with Crippen LogP contribution >= 0.6 is 23.2 Å². The van der Waals surface area contributed by atoms with Crippen molar-refractivity contribution in [2.45, 2.75) is 13.3 Å². The predicted molar refractivity (Wildman–Crippen MR) is 99.5 cm³/mol. The van der Waals surface area contributed by atoms with Crippen molar-refractivity contribution in [1.82, 2.24) is 0 Å². The van der Waals surface area contributed by atoms with Crippen LogP contribution in [0.25, 0.3) is 6.08 Å². The van der Waals surface area contributed by atoms with Gasteiger partial charge in [0.2, 0.25) is 11.8 Å². The van der Waals surface area contributed by atoms with E-state index in [1.807, 2.05) is 0 Å². The van der Waals surface area contributed by atoms with Crippen LogP contribution in [0, 0.1) is 0 Å². The highest BCUT2D eigenvalue weighted by molar-refractivity contribution is 6.35. The van der Waals surface area contributed by atoms with Gasteiger partial charge in [-0.05, 0) is 48.0 Å². The number of anilines is 2. The van der Waals surface area contributed by atoms with Gasteiger partial charge in [0.1, 0.15) is 0 Å². The zero-order chi connectivity index (χ0) is 17.5. The summed E-state index contributed by atoms with van der Waals surface area (Å²) < 4.78 is 0. The third-order valence-corrected chi connectivity index (χ3v) is 3.70. The Morgan fingerprint density at radius 1 is 1.00 bits per heavy atom. The highest BCUT2D eigenvalue weighted by atomic mass is 35.5. The number of carbonyl (C=O) groups excluding carboxylic acids is 2. The molecule has 0 unspecified atom stereocenters. The molecule has 0 bridgehead atoms. The van der Waals surface area contributed by atoms with E-state index in [1.165, 1.54) is 6.08 Å². The summed E-state index contributed by atoms with van der Waals surface area (Å²) in [6, 6.07) is 11.9. The first-order valence-electron chi connectivity index (χ1n) is 7.32. The first kappa shape index (κ1) is 18.0. The number of halogens is 2. The first-order chi connectivity index (χ1) is 11.5. The fourth-order valence-electron chi connectivity index (χ4n) is 1.87. The number of hydrogen-bond acceptors (Lipinski definition) is 2. The van der Waals surface area contributed by atoms with Crippen molar-refractivity contribution in [1.29, 1.82) is 0 Å². The smallest absolute Gasteiger partial charge is 0.248 e. The third kappa shape index (κ3) is 5.41. The van der Waals surface area contributed by atoms with Gasteiger partial charge in [-0.1, -0.05) is 36.2 Å². The van der Waals surface area contributed by atoms with Gasteiger partial charge in [-0.2, -0.15) is 0 Å². The monoisotopic (exact) mass is 362 g/mol. The minimum atomic E-state index is -0.286. The lowest BCUT2D eigenvalue weighted by molar-refractivity contribution is -0.116. The number of rotatable bonds is 5. The Morgan fingerprint density at radius 3 is 2.21 bits per heavy atom. The summed E-state index contributed by atoms with van der Waals surface area (Å²) in [7, 11) is 0. The van der Waals surface area contributed by atoms with Crippen LogP contribution in [0.15, 0.2) is 48.5 Å². The van der Waals surface area contributed by atoms with Crippen molar-refractivity contribution in [2.75, 3.05) is 10.6 Å². The van der Waals surface area contributed by atoms with Gasteiger partial charge in [0.15, 0.2) is 0 Å². The van der Waals surface area contributed by atoms with E-state index in [1.54, 1.807) is 55.5 Å². The second-order valence-electron chi connectivity index (χ2n) is 4.97. The molecule has 24 heavy (non-hydrogen) atoms. The molecule has 0 heterocycles. The first-order valence-corrected chi connectivity index (χ1v) is 8.07. The van der Waals surface area contributed by atoms with E-state index >= 15 is 0 Å². The average molecular weight is 363 g/mol. The van der Waals surface area contributed by atoms with Crippen LogP contribution in [-0.2, 0) is 9.59 Å². The molecule has 0 aromatic heterocycles. The summed E-state index contributed by atoms with van der Waals surface area (Å²) in [6.45, 7) is 1.78. The molecule has 0 saturated carbocycles. The number of amides is 2. The Kier molecular flexibility index (Phi) is 6.41.